The highest BCUT2D eigenvalue weighted by atomic mass is 79.9. The lowest BCUT2D eigenvalue weighted by atomic mass is 9.90. The number of aromatic nitrogens is 1. The van der Waals surface area contributed by atoms with E-state index in [0.29, 0.717) is 30.2 Å². The summed E-state index contributed by atoms with van der Waals surface area (Å²) >= 11 is 3.87. The highest BCUT2D eigenvalue weighted by Crippen LogP contribution is 2.48. The van der Waals surface area contributed by atoms with Crippen molar-refractivity contribution in [1.29, 1.82) is 0 Å². The second-order valence-corrected chi connectivity index (χ2v) is 8.23. The van der Waals surface area contributed by atoms with Crippen LogP contribution in [-0.2, 0) is 0 Å². The van der Waals surface area contributed by atoms with Crippen LogP contribution >= 0.6 is 15.9 Å². The van der Waals surface area contributed by atoms with Gasteiger partial charge in [0.25, 0.3) is 0 Å². The predicted molar refractivity (Wildman–Crippen MR) is 111 cm³/mol. The standard InChI is InChI=1S/C22H28BrNO3/c1-13(2)19-21(23)20(14(3)24-22(19)26-5)18(15-6-7-15)12-27-17-10-8-16(25-4)9-11-17/h8-11,13,15,18H,6-7,12H2,1-5H3. The van der Waals surface area contributed by atoms with Crippen LogP contribution in [0.15, 0.2) is 28.7 Å². The molecular formula is C22H28BrNO3. The molecule has 2 aromatic rings. The van der Waals surface area contributed by atoms with Crippen LogP contribution in [0.2, 0.25) is 0 Å². The molecule has 1 aliphatic carbocycles. The van der Waals surface area contributed by atoms with Crippen molar-refractivity contribution in [3.63, 3.8) is 0 Å². The zero-order chi connectivity index (χ0) is 19.6. The van der Waals surface area contributed by atoms with Crippen LogP contribution in [0.4, 0.5) is 0 Å². The summed E-state index contributed by atoms with van der Waals surface area (Å²) in [6.07, 6.45) is 2.48. The highest BCUT2D eigenvalue weighted by Gasteiger charge is 2.36. The van der Waals surface area contributed by atoms with Crippen molar-refractivity contribution >= 4 is 15.9 Å². The first-order chi connectivity index (χ1) is 13.0. The molecule has 0 radical (unpaired) electrons. The average Bonchev–Trinajstić information content (AvgIpc) is 3.48. The minimum absolute atomic E-state index is 0.317. The number of hydrogen-bond donors (Lipinski definition) is 0. The van der Waals surface area contributed by atoms with E-state index in [-0.39, 0.29) is 0 Å². The van der Waals surface area contributed by atoms with Crippen molar-refractivity contribution in [3.05, 3.63) is 45.6 Å². The summed E-state index contributed by atoms with van der Waals surface area (Å²) in [5, 5.41) is 0. The third-order valence-electron chi connectivity index (χ3n) is 5.18. The maximum Gasteiger partial charge on any atom is 0.217 e. The number of hydrogen-bond acceptors (Lipinski definition) is 4. The molecule has 5 heteroatoms. The number of methoxy groups -OCH3 is 2. The van der Waals surface area contributed by atoms with Crippen molar-refractivity contribution in [3.8, 4) is 17.4 Å². The molecule has 3 rings (SSSR count). The van der Waals surface area contributed by atoms with Crippen LogP contribution < -0.4 is 14.2 Å². The van der Waals surface area contributed by atoms with Crippen LogP contribution in [0.1, 0.15) is 55.3 Å². The Bertz CT molecular complexity index is 785. The van der Waals surface area contributed by atoms with Gasteiger partial charge in [0.15, 0.2) is 0 Å². The van der Waals surface area contributed by atoms with Gasteiger partial charge < -0.3 is 14.2 Å². The van der Waals surface area contributed by atoms with Crippen molar-refractivity contribution in [2.45, 2.75) is 45.4 Å². The van der Waals surface area contributed by atoms with Crippen LogP contribution in [0, 0.1) is 12.8 Å². The number of halogens is 1. The Hall–Kier alpha value is -1.75. The SMILES string of the molecule is COc1ccc(OCC(c2c(C)nc(OC)c(C(C)C)c2Br)C2CC2)cc1. The fourth-order valence-electron chi connectivity index (χ4n) is 3.57. The minimum Gasteiger partial charge on any atom is -0.497 e. The van der Waals surface area contributed by atoms with Gasteiger partial charge in [-0.3, -0.25) is 0 Å². The van der Waals surface area contributed by atoms with E-state index >= 15 is 0 Å². The quantitative estimate of drug-likeness (QED) is 0.522. The molecule has 4 nitrogen and oxygen atoms in total. The molecule has 0 saturated heterocycles. The lowest BCUT2D eigenvalue weighted by molar-refractivity contribution is 0.273. The molecule has 1 unspecified atom stereocenters. The van der Waals surface area contributed by atoms with Crippen molar-refractivity contribution < 1.29 is 14.2 Å². The monoisotopic (exact) mass is 433 g/mol. The number of pyridine rings is 1. The lowest BCUT2D eigenvalue weighted by Gasteiger charge is -2.24. The third-order valence-corrected chi connectivity index (χ3v) is 6.04. The van der Waals surface area contributed by atoms with Gasteiger partial charge in [0.05, 0.1) is 20.8 Å². The summed E-state index contributed by atoms with van der Waals surface area (Å²) in [5.41, 5.74) is 3.40. The van der Waals surface area contributed by atoms with Gasteiger partial charge in [-0.25, -0.2) is 4.98 Å². The molecule has 0 amide bonds. The Morgan fingerprint density at radius 2 is 1.67 bits per heavy atom. The van der Waals surface area contributed by atoms with E-state index < -0.39 is 0 Å². The fourth-order valence-corrected chi connectivity index (χ4v) is 4.78. The molecule has 1 atom stereocenters. The molecular weight excluding hydrogens is 406 g/mol. The molecule has 1 heterocycles. The summed E-state index contributed by atoms with van der Waals surface area (Å²) < 4.78 is 18.0. The van der Waals surface area contributed by atoms with Crippen molar-refractivity contribution in [1.82, 2.24) is 4.98 Å². The Kier molecular flexibility index (Phi) is 6.30. The summed E-state index contributed by atoms with van der Waals surface area (Å²) in [6, 6.07) is 7.76. The van der Waals surface area contributed by atoms with E-state index in [4.69, 9.17) is 19.2 Å². The van der Waals surface area contributed by atoms with Crippen LogP contribution in [0.5, 0.6) is 17.4 Å². The molecule has 1 fully saturated rings. The van der Waals surface area contributed by atoms with E-state index in [2.05, 4.69) is 36.7 Å². The molecule has 1 aliphatic rings. The molecule has 0 N–H and O–H groups in total. The maximum absolute atomic E-state index is 6.15. The molecule has 0 spiro atoms. The van der Waals surface area contributed by atoms with Crippen molar-refractivity contribution in [2.75, 3.05) is 20.8 Å². The summed E-state index contributed by atoms with van der Waals surface area (Å²) in [6.45, 7) is 7.05. The van der Waals surface area contributed by atoms with Crippen LogP contribution in [0.3, 0.4) is 0 Å². The first kappa shape index (κ1) is 20.0. The molecule has 1 aromatic carbocycles. The van der Waals surface area contributed by atoms with Gasteiger partial charge >= 0.3 is 0 Å². The molecule has 146 valence electrons. The molecule has 0 aliphatic heterocycles. The van der Waals surface area contributed by atoms with E-state index in [1.807, 2.05) is 24.3 Å². The summed E-state index contributed by atoms with van der Waals surface area (Å²) in [4.78, 5) is 4.76. The Morgan fingerprint density at radius 1 is 1.04 bits per heavy atom. The topological polar surface area (TPSA) is 40.6 Å². The number of benzene rings is 1. The van der Waals surface area contributed by atoms with E-state index in [9.17, 15) is 0 Å². The largest absolute Gasteiger partial charge is 0.497 e. The first-order valence-corrected chi connectivity index (χ1v) is 10.3. The summed E-state index contributed by atoms with van der Waals surface area (Å²) in [5.74, 6) is 3.69. The second kappa shape index (κ2) is 8.51. The van der Waals surface area contributed by atoms with Gasteiger partial charge in [-0.05, 0) is 77.4 Å². The van der Waals surface area contributed by atoms with Gasteiger partial charge in [0.1, 0.15) is 11.5 Å². The number of aryl methyl sites for hydroxylation is 1. The van der Waals surface area contributed by atoms with Gasteiger partial charge in [-0.2, -0.15) is 0 Å². The smallest absolute Gasteiger partial charge is 0.217 e. The Balaban J connectivity index is 1.89. The molecule has 1 saturated carbocycles. The number of nitrogens with zero attached hydrogens (tertiary/aromatic N) is 1. The van der Waals surface area contributed by atoms with Gasteiger partial charge in [0.2, 0.25) is 5.88 Å². The van der Waals surface area contributed by atoms with E-state index in [1.54, 1.807) is 14.2 Å². The second-order valence-electron chi connectivity index (χ2n) is 7.43. The van der Waals surface area contributed by atoms with Gasteiger partial charge in [-0.15, -0.1) is 0 Å². The molecule has 1 aromatic heterocycles. The van der Waals surface area contributed by atoms with Gasteiger partial charge in [-0.1, -0.05) is 13.8 Å². The number of rotatable bonds is 8. The van der Waals surface area contributed by atoms with Crippen molar-refractivity contribution in [2.24, 2.45) is 5.92 Å². The highest BCUT2D eigenvalue weighted by molar-refractivity contribution is 9.10. The first-order valence-electron chi connectivity index (χ1n) is 9.47. The zero-order valence-electron chi connectivity index (χ0n) is 16.7. The zero-order valence-corrected chi connectivity index (χ0v) is 18.3. The molecule has 0 bridgehead atoms. The summed E-state index contributed by atoms with van der Waals surface area (Å²) in [7, 11) is 3.35. The fraction of sp³-hybridized carbons (Fsp3) is 0.500. The number of ether oxygens (including phenoxy) is 3. The molecule has 27 heavy (non-hydrogen) atoms. The predicted octanol–water partition coefficient (Wildman–Crippen LogP) is 5.87. The third kappa shape index (κ3) is 4.40. The Labute approximate surface area is 170 Å². The van der Waals surface area contributed by atoms with E-state index in [1.165, 1.54) is 18.4 Å². The normalized spacial score (nSPS) is 14.9. The van der Waals surface area contributed by atoms with Crippen LogP contribution in [-0.4, -0.2) is 25.8 Å². The van der Waals surface area contributed by atoms with Gasteiger partial charge in [0, 0.05) is 21.6 Å². The van der Waals surface area contributed by atoms with Crippen LogP contribution in [0.25, 0.3) is 0 Å². The maximum atomic E-state index is 6.15. The van der Waals surface area contributed by atoms with E-state index in [0.717, 1.165) is 27.2 Å². The minimum atomic E-state index is 0.317. The lowest BCUT2D eigenvalue weighted by Crippen LogP contribution is -2.17. The Morgan fingerprint density at radius 3 is 2.19 bits per heavy atom. The average molecular weight is 434 g/mol.